The SMILES string of the molecule is Cc1cc2cnn(CCCC(C)(C)[Si](C)(C)O)c2cc1NC(=O)NN. The minimum absolute atomic E-state index is 0.0432. The van der Waals surface area contributed by atoms with Crippen LogP contribution >= 0.6 is 0 Å². The molecule has 0 aliphatic heterocycles. The van der Waals surface area contributed by atoms with Gasteiger partial charge in [-0.1, -0.05) is 13.8 Å². The molecule has 0 atom stereocenters. The number of rotatable bonds is 6. The molecule has 138 valence electrons. The number of carbonyl (C=O) groups is 1. The molecule has 1 aromatic heterocycles. The highest BCUT2D eigenvalue weighted by atomic mass is 28.4. The molecule has 8 heteroatoms. The first-order chi connectivity index (χ1) is 11.5. The molecule has 2 rings (SSSR count). The molecule has 5 N–H and O–H groups in total. The quantitative estimate of drug-likeness (QED) is 0.274. The van der Waals surface area contributed by atoms with Crippen LogP contribution in [0.3, 0.4) is 0 Å². The Labute approximate surface area is 149 Å². The van der Waals surface area contributed by atoms with E-state index in [9.17, 15) is 9.59 Å². The molecule has 0 unspecified atom stereocenters. The van der Waals surface area contributed by atoms with Crippen molar-refractivity contribution in [2.75, 3.05) is 5.32 Å². The molecule has 0 saturated heterocycles. The molecule has 7 nitrogen and oxygen atoms in total. The fraction of sp³-hybridized carbons (Fsp3) is 0.529. The van der Waals surface area contributed by atoms with Gasteiger partial charge in [0.2, 0.25) is 0 Å². The van der Waals surface area contributed by atoms with Gasteiger partial charge in [-0.25, -0.2) is 10.6 Å². The van der Waals surface area contributed by atoms with Crippen LogP contribution in [0.25, 0.3) is 10.9 Å². The minimum atomic E-state index is -2.20. The van der Waals surface area contributed by atoms with Crippen LogP contribution in [0.15, 0.2) is 18.3 Å². The van der Waals surface area contributed by atoms with Gasteiger partial charge in [-0.3, -0.25) is 10.1 Å². The summed E-state index contributed by atoms with van der Waals surface area (Å²) in [5.74, 6) is 5.14. The lowest BCUT2D eigenvalue weighted by Gasteiger charge is -2.35. The summed E-state index contributed by atoms with van der Waals surface area (Å²) < 4.78 is 1.95. The van der Waals surface area contributed by atoms with E-state index in [-0.39, 0.29) is 5.04 Å². The maximum atomic E-state index is 11.5. The van der Waals surface area contributed by atoms with Crippen LogP contribution in [0.5, 0.6) is 0 Å². The van der Waals surface area contributed by atoms with E-state index >= 15 is 0 Å². The smallest absolute Gasteiger partial charge is 0.333 e. The highest BCUT2D eigenvalue weighted by Gasteiger charge is 2.37. The van der Waals surface area contributed by atoms with Gasteiger partial charge in [0, 0.05) is 17.6 Å². The largest absolute Gasteiger partial charge is 0.432 e. The molecule has 0 saturated carbocycles. The van der Waals surface area contributed by atoms with E-state index < -0.39 is 14.3 Å². The third kappa shape index (κ3) is 4.39. The first kappa shape index (κ1) is 19.4. The number of aromatic nitrogens is 2. The number of hydrogen-bond acceptors (Lipinski definition) is 4. The normalized spacial score (nSPS) is 12.4. The third-order valence-corrected chi connectivity index (χ3v) is 8.76. The van der Waals surface area contributed by atoms with Gasteiger partial charge in [-0.2, -0.15) is 5.10 Å². The van der Waals surface area contributed by atoms with Crippen molar-refractivity contribution in [3.8, 4) is 0 Å². The number of aryl methyl sites for hydroxylation is 2. The topological polar surface area (TPSA) is 105 Å². The Balaban J connectivity index is 2.16. The van der Waals surface area contributed by atoms with E-state index in [1.807, 2.05) is 43.0 Å². The van der Waals surface area contributed by atoms with Crippen LogP contribution in [-0.4, -0.2) is 28.9 Å². The van der Waals surface area contributed by atoms with Crippen molar-refractivity contribution in [1.29, 1.82) is 0 Å². The maximum absolute atomic E-state index is 11.5. The highest BCUT2D eigenvalue weighted by molar-refractivity contribution is 6.72. The zero-order chi connectivity index (χ0) is 18.8. The Morgan fingerprint density at radius 2 is 2.08 bits per heavy atom. The number of hydrazine groups is 1. The maximum Gasteiger partial charge on any atom is 0.333 e. The second-order valence-corrected chi connectivity index (χ2v) is 12.2. The average Bonchev–Trinajstić information content (AvgIpc) is 2.88. The van der Waals surface area contributed by atoms with E-state index in [1.165, 1.54) is 0 Å². The summed E-state index contributed by atoms with van der Waals surface area (Å²) in [5, 5.41) is 8.19. The second-order valence-electron chi connectivity index (χ2n) is 7.74. The monoisotopic (exact) mass is 363 g/mol. The Morgan fingerprint density at radius 1 is 1.40 bits per heavy atom. The molecule has 0 aliphatic rings. The van der Waals surface area contributed by atoms with Gasteiger partial charge in [-0.05, 0) is 55.6 Å². The highest BCUT2D eigenvalue weighted by Crippen LogP contribution is 2.39. The number of amides is 2. The fourth-order valence-corrected chi connectivity index (χ4v) is 3.48. The first-order valence-electron chi connectivity index (χ1n) is 8.51. The number of benzene rings is 1. The van der Waals surface area contributed by atoms with Gasteiger partial charge in [-0.15, -0.1) is 0 Å². The predicted octanol–water partition coefficient (Wildman–Crippen LogP) is 3.10. The number of carbonyl (C=O) groups excluding carboxylic acids is 1. The lowest BCUT2D eigenvalue weighted by molar-refractivity contribution is 0.252. The summed E-state index contributed by atoms with van der Waals surface area (Å²) in [5.41, 5.74) is 4.70. The molecule has 2 aromatic rings. The van der Waals surface area contributed by atoms with Crippen molar-refractivity contribution in [2.45, 2.75) is 58.3 Å². The molecule has 1 heterocycles. The zero-order valence-corrected chi connectivity index (χ0v) is 16.7. The van der Waals surface area contributed by atoms with Crippen molar-refractivity contribution in [3.63, 3.8) is 0 Å². The van der Waals surface area contributed by atoms with Crippen molar-refractivity contribution < 1.29 is 9.59 Å². The van der Waals surface area contributed by atoms with Crippen molar-refractivity contribution in [2.24, 2.45) is 5.84 Å². The van der Waals surface area contributed by atoms with Gasteiger partial charge < -0.3 is 10.1 Å². The van der Waals surface area contributed by atoms with E-state index in [2.05, 4.69) is 29.7 Å². The number of nitrogens with zero attached hydrogens (tertiary/aromatic N) is 2. The molecule has 0 aliphatic carbocycles. The zero-order valence-electron chi connectivity index (χ0n) is 15.7. The molecule has 1 aromatic carbocycles. The van der Waals surface area contributed by atoms with Gasteiger partial charge in [0.25, 0.3) is 0 Å². The average molecular weight is 364 g/mol. The van der Waals surface area contributed by atoms with Crippen LogP contribution in [0, 0.1) is 6.92 Å². The Morgan fingerprint density at radius 3 is 2.68 bits per heavy atom. The molecular formula is C17H29N5O2Si. The number of hydrogen-bond donors (Lipinski definition) is 4. The van der Waals surface area contributed by atoms with Gasteiger partial charge >= 0.3 is 6.03 Å². The molecule has 0 spiro atoms. The fourth-order valence-electron chi connectivity index (χ4n) is 2.69. The molecule has 0 bridgehead atoms. The summed E-state index contributed by atoms with van der Waals surface area (Å²) in [4.78, 5) is 21.9. The number of urea groups is 1. The van der Waals surface area contributed by atoms with Crippen molar-refractivity contribution in [3.05, 3.63) is 23.9 Å². The Hall–Kier alpha value is -1.90. The van der Waals surface area contributed by atoms with Crippen LogP contribution < -0.4 is 16.6 Å². The van der Waals surface area contributed by atoms with Gasteiger partial charge in [0.05, 0.1) is 11.7 Å². The standard InChI is InChI=1S/C17H29N5O2Si/c1-12-9-13-11-19-22(8-6-7-17(2,3)25(4,5)24)15(13)10-14(12)20-16(23)21-18/h9-11,24H,6-8,18H2,1-5H3,(H2,20,21,23). The van der Waals surface area contributed by atoms with E-state index in [0.29, 0.717) is 5.69 Å². The van der Waals surface area contributed by atoms with E-state index in [4.69, 9.17) is 5.84 Å². The molecule has 2 amide bonds. The lowest BCUT2D eigenvalue weighted by Crippen LogP contribution is -2.39. The molecule has 0 radical (unpaired) electrons. The lowest BCUT2D eigenvalue weighted by atomic mass is 10.1. The number of anilines is 1. The van der Waals surface area contributed by atoms with E-state index in [1.54, 1.807) is 0 Å². The summed E-state index contributed by atoms with van der Waals surface area (Å²) in [6.45, 7) is 10.9. The minimum Gasteiger partial charge on any atom is -0.432 e. The van der Waals surface area contributed by atoms with Crippen LogP contribution in [-0.2, 0) is 6.54 Å². The summed E-state index contributed by atoms with van der Waals surface area (Å²) >= 11 is 0. The molecule has 0 fully saturated rings. The van der Waals surface area contributed by atoms with Crippen molar-refractivity contribution in [1.82, 2.24) is 15.2 Å². The van der Waals surface area contributed by atoms with E-state index in [0.717, 1.165) is 35.9 Å². The number of nitrogens with one attached hydrogen (secondary N) is 2. The second kappa shape index (κ2) is 7.15. The van der Waals surface area contributed by atoms with Crippen molar-refractivity contribution >= 4 is 30.9 Å². The first-order valence-corrected chi connectivity index (χ1v) is 11.5. The predicted molar refractivity (Wildman–Crippen MR) is 104 cm³/mol. The van der Waals surface area contributed by atoms with Gasteiger partial charge in [0.1, 0.15) is 0 Å². The van der Waals surface area contributed by atoms with Crippen LogP contribution in [0.2, 0.25) is 18.1 Å². The summed E-state index contributed by atoms with van der Waals surface area (Å²) in [6.07, 6.45) is 3.71. The Kier molecular flexibility index (Phi) is 5.55. The van der Waals surface area contributed by atoms with Gasteiger partial charge in [0.15, 0.2) is 8.32 Å². The third-order valence-electron chi connectivity index (χ3n) is 5.20. The molecule has 25 heavy (non-hydrogen) atoms. The van der Waals surface area contributed by atoms with Crippen LogP contribution in [0.4, 0.5) is 10.5 Å². The van der Waals surface area contributed by atoms with Crippen LogP contribution in [0.1, 0.15) is 32.3 Å². The Bertz CT molecular complexity index is 764. The number of fused-ring (bicyclic) bond motifs is 1. The number of nitrogens with two attached hydrogens (primary N) is 1. The summed E-state index contributed by atoms with van der Waals surface area (Å²) in [7, 11) is -2.20. The summed E-state index contributed by atoms with van der Waals surface area (Å²) in [6, 6.07) is 3.46. The molecular weight excluding hydrogens is 334 g/mol.